The molecule has 0 amide bonds. The third-order valence-electron chi connectivity index (χ3n) is 5.30. The highest BCUT2D eigenvalue weighted by Crippen LogP contribution is 2.44. The Labute approximate surface area is 124 Å². The van der Waals surface area contributed by atoms with Crippen molar-refractivity contribution < 1.29 is 0 Å². The predicted octanol–water partition coefficient (Wildman–Crippen LogP) is 4.57. The van der Waals surface area contributed by atoms with Crippen LogP contribution in [-0.2, 0) is 0 Å². The summed E-state index contributed by atoms with van der Waals surface area (Å²) < 4.78 is 0. The Morgan fingerprint density at radius 2 is 1.79 bits per heavy atom. The van der Waals surface area contributed by atoms with Crippen molar-refractivity contribution in [3.05, 3.63) is 0 Å². The Balaban J connectivity index is 1.86. The van der Waals surface area contributed by atoms with Gasteiger partial charge in [0.05, 0.1) is 0 Å². The standard InChI is InChI=1S/C17H33NS/c1-17(2,3)15-6-5-14(12-18-16-7-8-16)13(11-15)9-10-19-4/h13-16,18H,5-12H2,1-4H3. The minimum absolute atomic E-state index is 0.506. The molecule has 2 saturated carbocycles. The first-order chi connectivity index (χ1) is 9.00. The van der Waals surface area contributed by atoms with Gasteiger partial charge in [-0.15, -0.1) is 0 Å². The van der Waals surface area contributed by atoms with Crippen LogP contribution in [0.1, 0.15) is 59.3 Å². The molecule has 2 rings (SSSR count). The smallest absolute Gasteiger partial charge is 0.00683 e. The lowest BCUT2D eigenvalue weighted by molar-refractivity contribution is 0.0955. The zero-order valence-electron chi connectivity index (χ0n) is 13.4. The molecule has 0 aromatic heterocycles. The molecule has 0 radical (unpaired) electrons. The first-order valence-electron chi connectivity index (χ1n) is 8.23. The number of hydrogen-bond acceptors (Lipinski definition) is 2. The fraction of sp³-hybridized carbons (Fsp3) is 1.00. The Kier molecular flexibility index (Phi) is 5.65. The summed E-state index contributed by atoms with van der Waals surface area (Å²) in [6.07, 6.45) is 10.9. The van der Waals surface area contributed by atoms with Crippen molar-refractivity contribution in [3.63, 3.8) is 0 Å². The molecule has 0 aromatic carbocycles. The maximum Gasteiger partial charge on any atom is 0.00683 e. The van der Waals surface area contributed by atoms with Crippen molar-refractivity contribution >= 4 is 11.8 Å². The maximum atomic E-state index is 3.78. The molecule has 0 bridgehead atoms. The Hall–Kier alpha value is 0.310. The van der Waals surface area contributed by atoms with Gasteiger partial charge in [0.15, 0.2) is 0 Å². The first kappa shape index (κ1) is 15.7. The van der Waals surface area contributed by atoms with Crippen molar-refractivity contribution in [2.45, 2.75) is 65.3 Å². The summed E-state index contributed by atoms with van der Waals surface area (Å²) in [5, 5.41) is 3.78. The second kappa shape index (κ2) is 6.85. The summed E-state index contributed by atoms with van der Waals surface area (Å²) in [6.45, 7) is 8.60. The predicted molar refractivity (Wildman–Crippen MR) is 87.8 cm³/mol. The molecule has 0 aromatic rings. The summed E-state index contributed by atoms with van der Waals surface area (Å²) in [5.74, 6) is 4.21. The monoisotopic (exact) mass is 283 g/mol. The van der Waals surface area contributed by atoms with Crippen LogP contribution in [0.3, 0.4) is 0 Å². The molecule has 0 aliphatic heterocycles. The number of hydrogen-bond donors (Lipinski definition) is 1. The largest absolute Gasteiger partial charge is 0.314 e. The number of thioether (sulfide) groups is 1. The van der Waals surface area contributed by atoms with E-state index in [4.69, 9.17) is 0 Å². The van der Waals surface area contributed by atoms with E-state index in [2.05, 4.69) is 32.3 Å². The van der Waals surface area contributed by atoms with Crippen LogP contribution in [0.4, 0.5) is 0 Å². The molecule has 0 spiro atoms. The van der Waals surface area contributed by atoms with E-state index in [1.807, 2.05) is 11.8 Å². The summed E-state index contributed by atoms with van der Waals surface area (Å²) in [4.78, 5) is 0. The Morgan fingerprint density at radius 1 is 1.05 bits per heavy atom. The average molecular weight is 284 g/mol. The molecular weight excluding hydrogens is 250 g/mol. The summed E-state index contributed by atoms with van der Waals surface area (Å²) in [5.41, 5.74) is 0.506. The number of nitrogens with one attached hydrogen (secondary N) is 1. The third-order valence-corrected chi connectivity index (χ3v) is 5.95. The average Bonchev–Trinajstić information content (AvgIpc) is 3.17. The molecule has 19 heavy (non-hydrogen) atoms. The van der Waals surface area contributed by atoms with Gasteiger partial charge in [-0.3, -0.25) is 0 Å². The normalized spacial score (nSPS) is 32.5. The molecular formula is C17H33NS. The van der Waals surface area contributed by atoms with Crippen LogP contribution in [0.15, 0.2) is 0 Å². The van der Waals surface area contributed by atoms with Crippen LogP contribution >= 0.6 is 11.8 Å². The summed E-state index contributed by atoms with van der Waals surface area (Å²) in [6, 6.07) is 0.876. The van der Waals surface area contributed by atoms with Gasteiger partial charge >= 0.3 is 0 Å². The van der Waals surface area contributed by atoms with Gasteiger partial charge < -0.3 is 5.32 Å². The van der Waals surface area contributed by atoms with Gasteiger partial charge in [0.1, 0.15) is 0 Å². The van der Waals surface area contributed by atoms with E-state index in [0.29, 0.717) is 5.41 Å². The molecule has 2 heteroatoms. The molecule has 0 heterocycles. The van der Waals surface area contributed by atoms with Gasteiger partial charge in [0.2, 0.25) is 0 Å². The van der Waals surface area contributed by atoms with Crippen LogP contribution in [0.25, 0.3) is 0 Å². The Morgan fingerprint density at radius 3 is 2.37 bits per heavy atom. The fourth-order valence-electron chi connectivity index (χ4n) is 3.61. The van der Waals surface area contributed by atoms with Crippen LogP contribution < -0.4 is 5.32 Å². The number of rotatable bonds is 6. The highest BCUT2D eigenvalue weighted by Gasteiger charge is 2.36. The maximum absolute atomic E-state index is 3.78. The van der Waals surface area contributed by atoms with Crippen LogP contribution in [0.5, 0.6) is 0 Å². The topological polar surface area (TPSA) is 12.0 Å². The van der Waals surface area contributed by atoms with Crippen molar-refractivity contribution in [2.24, 2.45) is 23.2 Å². The van der Waals surface area contributed by atoms with E-state index >= 15 is 0 Å². The van der Waals surface area contributed by atoms with E-state index in [1.54, 1.807) is 0 Å². The zero-order valence-corrected chi connectivity index (χ0v) is 14.2. The molecule has 1 N–H and O–H groups in total. The van der Waals surface area contributed by atoms with Gasteiger partial charge in [0.25, 0.3) is 0 Å². The van der Waals surface area contributed by atoms with E-state index in [0.717, 1.165) is 23.8 Å². The minimum atomic E-state index is 0.506. The van der Waals surface area contributed by atoms with Crippen molar-refractivity contribution in [1.29, 1.82) is 0 Å². The van der Waals surface area contributed by atoms with E-state index in [1.165, 1.54) is 50.8 Å². The SMILES string of the molecule is CSCCC1CC(C(C)(C)C)CCC1CNC1CC1. The lowest BCUT2D eigenvalue weighted by Crippen LogP contribution is -2.37. The van der Waals surface area contributed by atoms with Gasteiger partial charge in [0, 0.05) is 6.04 Å². The van der Waals surface area contributed by atoms with E-state index < -0.39 is 0 Å². The quantitative estimate of drug-likeness (QED) is 0.766. The van der Waals surface area contributed by atoms with Crippen molar-refractivity contribution in [1.82, 2.24) is 5.32 Å². The van der Waals surface area contributed by atoms with Crippen molar-refractivity contribution in [3.8, 4) is 0 Å². The van der Waals surface area contributed by atoms with Crippen LogP contribution in [0.2, 0.25) is 0 Å². The fourth-order valence-corrected chi connectivity index (χ4v) is 4.15. The second-order valence-corrected chi connectivity index (χ2v) is 8.85. The highest BCUT2D eigenvalue weighted by atomic mass is 32.2. The Bertz CT molecular complexity index is 267. The van der Waals surface area contributed by atoms with E-state index in [9.17, 15) is 0 Å². The molecule has 3 unspecified atom stereocenters. The molecule has 3 atom stereocenters. The van der Waals surface area contributed by atoms with Gasteiger partial charge in [-0.25, -0.2) is 0 Å². The molecule has 0 saturated heterocycles. The van der Waals surface area contributed by atoms with Crippen LogP contribution in [0, 0.1) is 23.2 Å². The second-order valence-electron chi connectivity index (χ2n) is 7.86. The first-order valence-corrected chi connectivity index (χ1v) is 9.62. The molecule has 2 fully saturated rings. The van der Waals surface area contributed by atoms with Gasteiger partial charge in [-0.1, -0.05) is 20.8 Å². The van der Waals surface area contributed by atoms with Crippen molar-refractivity contribution in [2.75, 3.05) is 18.6 Å². The van der Waals surface area contributed by atoms with Gasteiger partial charge in [-0.2, -0.15) is 11.8 Å². The lowest BCUT2D eigenvalue weighted by Gasteiger charge is -2.42. The minimum Gasteiger partial charge on any atom is -0.314 e. The molecule has 2 aliphatic rings. The zero-order chi connectivity index (χ0) is 13.9. The van der Waals surface area contributed by atoms with E-state index in [-0.39, 0.29) is 0 Å². The molecule has 1 nitrogen and oxygen atoms in total. The lowest BCUT2D eigenvalue weighted by atomic mass is 9.65. The summed E-state index contributed by atoms with van der Waals surface area (Å²) in [7, 11) is 0. The highest BCUT2D eigenvalue weighted by molar-refractivity contribution is 7.98. The third kappa shape index (κ3) is 4.97. The van der Waals surface area contributed by atoms with Crippen LogP contribution in [-0.4, -0.2) is 24.6 Å². The molecule has 2 aliphatic carbocycles. The summed E-state index contributed by atoms with van der Waals surface area (Å²) >= 11 is 2.02. The van der Waals surface area contributed by atoms with Gasteiger partial charge in [-0.05, 0) is 80.2 Å². The molecule has 112 valence electrons.